The summed E-state index contributed by atoms with van der Waals surface area (Å²) in [6.45, 7) is 14.6. The van der Waals surface area contributed by atoms with Crippen molar-refractivity contribution in [2.24, 2.45) is 0 Å². The molecule has 1 aliphatic carbocycles. The lowest BCUT2D eigenvalue weighted by Gasteiger charge is -2.32. The molecular weight excluding hydrogens is 286 g/mol. The van der Waals surface area contributed by atoms with Gasteiger partial charge in [-0.1, -0.05) is 48.5 Å². The Hall–Kier alpha value is -1.51. The fourth-order valence-corrected chi connectivity index (χ4v) is 3.21. The minimum absolute atomic E-state index is 0.0305. The number of benzene rings is 1. The second kappa shape index (κ2) is 5.85. The molecule has 1 aliphatic rings. The van der Waals surface area contributed by atoms with Crippen molar-refractivity contribution in [2.75, 3.05) is 5.32 Å². The smallest absolute Gasteiger partial charge is 0.224 e. The van der Waals surface area contributed by atoms with Gasteiger partial charge >= 0.3 is 0 Å². The van der Waals surface area contributed by atoms with Gasteiger partial charge in [0.15, 0.2) is 0 Å². The van der Waals surface area contributed by atoms with Gasteiger partial charge in [0.2, 0.25) is 5.91 Å². The van der Waals surface area contributed by atoms with Crippen molar-refractivity contribution >= 4 is 11.6 Å². The molecule has 0 saturated heterocycles. The van der Waals surface area contributed by atoms with Crippen LogP contribution in [0.1, 0.15) is 90.3 Å². The number of anilines is 1. The van der Waals surface area contributed by atoms with Gasteiger partial charge < -0.3 is 10.4 Å². The highest BCUT2D eigenvalue weighted by Gasteiger charge is 2.37. The second-order valence-electron chi connectivity index (χ2n) is 8.78. The molecule has 2 N–H and O–H groups in total. The molecule has 0 atom stereocenters. The van der Waals surface area contributed by atoms with E-state index in [1.165, 1.54) is 0 Å². The predicted octanol–water partition coefficient (Wildman–Crippen LogP) is 5.21. The summed E-state index contributed by atoms with van der Waals surface area (Å²) in [4.78, 5) is 12.1. The van der Waals surface area contributed by atoms with E-state index in [9.17, 15) is 9.90 Å². The third kappa shape index (κ3) is 3.70. The van der Waals surface area contributed by atoms with Crippen molar-refractivity contribution < 1.29 is 9.90 Å². The SMILES string of the molecule is CCC(=O)Nc1c(C(C)(C)C)cc(O)c(C(C)(C)C)c1C1CC1. The van der Waals surface area contributed by atoms with Crippen LogP contribution in [0.5, 0.6) is 5.75 Å². The fraction of sp³-hybridized carbons (Fsp3) is 0.650. The van der Waals surface area contributed by atoms with Crippen LogP contribution in [-0.4, -0.2) is 11.0 Å². The molecule has 0 heterocycles. The van der Waals surface area contributed by atoms with Crippen molar-refractivity contribution in [3.8, 4) is 5.75 Å². The summed E-state index contributed by atoms with van der Waals surface area (Å²) >= 11 is 0. The van der Waals surface area contributed by atoms with Crippen LogP contribution in [0.4, 0.5) is 5.69 Å². The molecule has 0 aliphatic heterocycles. The van der Waals surface area contributed by atoms with Crippen LogP contribution in [0.2, 0.25) is 0 Å². The molecule has 1 saturated carbocycles. The average Bonchev–Trinajstić information content (AvgIpc) is 3.21. The molecule has 1 amide bonds. The highest BCUT2D eigenvalue weighted by atomic mass is 16.3. The predicted molar refractivity (Wildman–Crippen MR) is 96.4 cm³/mol. The Morgan fingerprint density at radius 3 is 2.13 bits per heavy atom. The lowest BCUT2D eigenvalue weighted by atomic mass is 9.76. The molecule has 23 heavy (non-hydrogen) atoms. The summed E-state index contributed by atoms with van der Waals surface area (Å²) in [5.74, 6) is 0.839. The standard InChI is InChI=1S/C20H31NO2/c1-8-15(23)21-18-13(19(2,3)4)11-14(22)17(20(5,6)7)16(18)12-9-10-12/h11-12,22H,8-10H2,1-7H3,(H,21,23). The number of hydrogen-bond acceptors (Lipinski definition) is 2. The van der Waals surface area contributed by atoms with Gasteiger partial charge in [0.1, 0.15) is 5.75 Å². The quantitative estimate of drug-likeness (QED) is 0.751. The van der Waals surface area contributed by atoms with E-state index in [-0.39, 0.29) is 16.7 Å². The molecule has 0 radical (unpaired) electrons. The fourth-order valence-electron chi connectivity index (χ4n) is 3.21. The van der Waals surface area contributed by atoms with Crippen LogP contribution in [0.25, 0.3) is 0 Å². The monoisotopic (exact) mass is 317 g/mol. The molecule has 128 valence electrons. The van der Waals surface area contributed by atoms with Gasteiger partial charge in [0, 0.05) is 17.7 Å². The zero-order valence-corrected chi connectivity index (χ0v) is 15.6. The maximum absolute atomic E-state index is 12.1. The Morgan fingerprint density at radius 2 is 1.74 bits per heavy atom. The molecule has 1 aromatic rings. The summed E-state index contributed by atoms with van der Waals surface area (Å²) in [5, 5.41) is 13.9. The van der Waals surface area contributed by atoms with Gasteiger partial charge in [-0.15, -0.1) is 0 Å². The van der Waals surface area contributed by atoms with Gasteiger partial charge in [-0.05, 0) is 46.8 Å². The summed E-state index contributed by atoms with van der Waals surface area (Å²) < 4.78 is 0. The molecule has 0 aromatic heterocycles. The summed E-state index contributed by atoms with van der Waals surface area (Å²) in [6, 6.07) is 1.86. The highest BCUT2D eigenvalue weighted by molar-refractivity contribution is 5.93. The summed E-state index contributed by atoms with van der Waals surface area (Å²) in [5.41, 5.74) is 3.79. The first-order valence-corrected chi connectivity index (χ1v) is 8.67. The van der Waals surface area contributed by atoms with Gasteiger partial charge in [0.05, 0.1) is 0 Å². The van der Waals surface area contributed by atoms with Crippen LogP contribution in [0.3, 0.4) is 0 Å². The normalized spacial score (nSPS) is 15.6. The number of carbonyl (C=O) groups is 1. The van der Waals surface area contributed by atoms with Crippen LogP contribution >= 0.6 is 0 Å². The van der Waals surface area contributed by atoms with Crippen LogP contribution in [0.15, 0.2) is 6.07 Å². The molecule has 3 heteroatoms. The van der Waals surface area contributed by atoms with Gasteiger partial charge in [0.25, 0.3) is 0 Å². The number of aromatic hydroxyl groups is 1. The van der Waals surface area contributed by atoms with E-state index in [0.29, 0.717) is 18.1 Å². The van der Waals surface area contributed by atoms with E-state index in [2.05, 4.69) is 46.9 Å². The number of carbonyl (C=O) groups excluding carboxylic acids is 1. The van der Waals surface area contributed by atoms with Gasteiger partial charge in [-0.25, -0.2) is 0 Å². The molecule has 0 bridgehead atoms. The Labute approximate surface area is 140 Å². The zero-order valence-electron chi connectivity index (χ0n) is 15.6. The second-order valence-corrected chi connectivity index (χ2v) is 8.78. The van der Waals surface area contributed by atoms with Crippen LogP contribution < -0.4 is 5.32 Å². The van der Waals surface area contributed by atoms with E-state index in [4.69, 9.17) is 0 Å². The molecule has 2 rings (SSSR count). The maximum atomic E-state index is 12.1. The lowest BCUT2D eigenvalue weighted by Crippen LogP contribution is -2.23. The molecule has 0 unspecified atom stereocenters. The topological polar surface area (TPSA) is 49.3 Å². The van der Waals surface area contributed by atoms with Crippen molar-refractivity contribution in [1.82, 2.24) is 0 Å². The number of phenols is 1. The Balaban J connectivity index is 2.78. The largest absolute Gasteiger partial charge is 0.508 e. The first-order chi connectivity index (χ1) is 10.5. The average molecular weight is 317 g/mol. The first-order valence-electron chi connectivity index (χ1n) is 8.67. The Bertz CT molecular complexity index is 614. The van der Waals surface area contributed by atoms with Crippen LogP contribution in [-0.2, 0) is 15.6 Å². The van der Waals surface area contributed by atoms with E-state index in [1.54, 1.807) is 0 Å². The van der Waals surface area contributed by atoms with Gasteiger partial charge in [-0.2, -0.15) is 0 Å². The van der Waals surface area contributed by atoms with Crippen molar-refractivity contribution in [3.63, 3.8) is 0 Å². The Kier molecular flexibility index (Phi) is 4.53. The number of phenolic OH excluding ortho intramolecular Hbond substituents is 1. The Morgan fingerprint density at radius 1 is 1.17 bits per heavy atom. The van der Waals surface area contributed by atoms with E-state index < -0.39 is 0 Å². The first kappa shape index (κ1) is 17.8. The zero-order chi connectivity index (χ0) is 17.6. The van der Waals surface area contributed by atoms with Crippen molar-refractivity contribution in [2.45, 2.75) is 84.5 Å². The van der Waals surface area contributed by atoms with Crippen molar-refractivity contribution in [1.29, 1.82) is 0 Å². The van der Waals surface area contributed by atoms with E-state index >= 15 is 0 Å². The molecule has 3 nitrogen and oxygen atoms in total. The molecular formula is C20H31NO2. The molecule has 0 spiro atoms. The van der Waals surface area contributed by atoms with E-state index in [1.807, 2.05) is 13.0 Å². The number of rotatable bonds is 3. The van der Waals surface area contributed by atoms with E-state index in [0.717, 1.165) is 35.2 Å². The number of amides is 1. The minimum atomic E-state index is -0.163. The number of nitrogens with one attached hydrogen (secondary N) is 1. The van der Waals surface area contributed by atoms with Crippen molar-refractivity contribution in [3.05, 3.63) is 22.8 Å². The minimum Gasteiger partial charge on any atom is -0.508 e. The van der Waals surface area contributed by atoms with Crippen LogP contribution in [0, 0.1) is 0 Å². The molecule has 1 aromatic carbocycles. The molecule has 1 fully saturated rings. The maximum Gasteiger partial charge on any atom is 0.224 e. The van der Waals surface area contributed by atoms with Gasteiger partial charge in [-0.3, -0.25) is 4.79 Å². The highest BCUT2D eigenvalue weighted by Crippen LogP contribution is 2.53. The third-order valence-electron chi connectivity index (χ3n) is 4.47. The summed E-state index contributed by atoms with van der Waals surface area (Å²) in [7, 11) is 0. The third-order valence-corrected chi connectivity index (χ3v) is 4.47. The number of hydrogen-bond donors (Lipinski definition) is 2. The summed E-state index contributed by atoms with van der Waals surface area (Å²) in [6.07, 6.45) is 2.72. The lowest BCUT2D eigenvalue weighted by molar-refractivity contribution is -0.115.